The molecular weight excluding hydrogens is 478 g/mol. The summed E-state index contributed by atoms with van der Waals surface area (Å²) in [5.41, 5.74) is 8.84. The number of hydrogen-bond acceptors (Lipinski definition) is 10. The van der Waals surface area contributed by atoms with Crippen molar-refractivity contribution >= 4 is 23.1 Å². The lowest BCUT2D eigenvalue weighted by molar-refractivity contribution is -0.0420. The highest BCUT2D eigenvalue weighted by Crippen LogP contribution is 2.32. The van der Waals surface area contributed by atoms with Gasteiger partial charge in [-0.05, 0) is 23.6 Å². The molecule has 3 aromatic rings. The Bertz CT molecular complexity index is 1210. The van der Waals surface area contributed by atoms with Crippen LogP contribution in [-0.4, -0.2) is 85.7 Å². The average Bonchev–Trinajstić information content (AvgIpc) is 3.40. The fourth-order valence-corrected chi connectivity index (χ4v) is 4.21. The number of carbonyl (C=O) groups is 1. The fraction of sp³-hybridized carbons (Fsp3) is 0.520. The lowest BCUT2D eigenvalue weighted by Crippen LogP contribution is -2.41. The van der Waals surface area contributed by atoms with Crippen LogP contribution in [0, 0.1) is 0 Å². The monoisotopic (exact) mass is 513 g/mol. The summed E-state index contributed by atoms with van der Waals surface area (Å²) < 4.78 is 12.8. The van der Waals surface area contributed by atoms with Gasteiger partial charge in [0.05, 0.1) is 6.33 Å². The summed E-state index contributed by atoms with van der Waals surface area (Å²) >= 11 is 0. The minimum absolute atomic E-state index is 0.0682. The van der Waals surface area contributed by atoms with E-state index < -0.39 is 30.6 Å². The maximum absolute atomic E-state index is 12.1. The second-order valence-corrected chi connectivity index (χ2v) is 10.3. The van der Waals surface area contributed by atoms with Crippen LogP contribution in [0.5, 0.6) is 0 Å². The van der Waals surface area contributed by atoms with Crippen LogP contribution in [0.25, 0.3) is 11.2 Å². The number of hydrogen-bond donors (Lipinski definition) is 4. The standard InChI is InChI=1S/C25H35N7O5/c1-25(2,3)16-7-5-15(6-8-16)12-36-24(35)27-9-10-31(4)11-17-19(33)20(34)23(37-17)32-14-30-18-21(26)28-13-29-22(18)32/h5-8,13-14,17,19-20,23,33-34H,9-12H2,1-4H3,(H,27,35)(H2,26,28,29). The first-order valence-corrected chi connectivity index (χ1v) is 12.2. The molecule has 1 fully saturated rings. The minimum Gasteiger partial charge on any atom is -0.445 e. The summed E-state index contributed by atoms with van der Waals surface area (Å²) in [7, 11) is 1.83. The zero-order chi connectivity index (χ0) is 26.7. The Kier molecular flexibility index (Phi) is 7.93. The number of carbonyl (C=O) groups excluding carboxylic acids is 1. The quantitative estimate of drug-likeness (QED) is 0.344. The normalized spacial score (nSPS) is 22.0. The molecule has 0 radical (unpaired) electrons. The number of aliphatic hydroxyl groups excluding tert-OH is 2. The second-order valence-electron chi connectivity index (χ2n) is 10.3. The summed E-state index contributed by atoms with van der Waals surface area (Å²) in [6.45, 7) is 7.79. The summed E-state index contributed by atoms with van der Waals surface area (Å²) in [5, 5.41) is 23.9. The first-order valence-electron chi connectivity index (χ1n) is 12.2. The SMILES string of the molecule is CN(CCNC(=O)OCc1ccc(C(C)(C)C)cc1)CC1OC(n2cnc3c(N)ncnc32)C(O)C1O. The average molecular weight is 514 g/mol. The van der Waals surface area contributed by atoms with Crippen LogP contribution in [-0.2, 0) is 21.5 Å². The smallest absolute Gasteiger partial charge is 0.407 e. The summed E-state index contributed by atoms with van der Waals surface area (Å²) in [6.07, 6.45) is -1.59. The molecule has 12 nitrogen and oxygen atoms in total. The number of aliphatic hydroxyl groups is 2. The Morgan fingerprint density at radius 2 is 1.92 bits per heavy atom. The van der Waals surface area contributed by atoms with Crippen molar-refractivity contribution in [1.29, 1.82) is 0 Å². The maximum atomic E-state index is 12.1. The van der Waals surface area contributed by atoms with Gasteiger partial charge in [-0.25, -0.2) is 19.7 Å². The highest BCUT2D eigenvalue weighted by Gasteiger charge is 2.44. The Morgan fingerprint density at radius 1 is 1.19 bits per heavy atom. The number of amides is 1. The first kappa shape index (κ1) is 26.7. The summed E-state index contributed by atoms with van der Waals surface area (Å²) in [4.78, 5) is 26.2. The molecule has 5 N–H and O–H groups in total. The Hall–Kier alpha value is -3.32. The second kappa shape index (κ2) is 11.0. The minimum atomic E-state index is -1.18. The van der Waals surface area contributed by atoms with E-state index in [4.69, 9.17) is 15.2 Å². The number of anilines is 1. The van der Waals surface area contributed by atoms with Gasteiger partial charge in [-0.1, -0.05) is 45.0 Å². The van der Waals surface area contributed by atoms with Crippen LogP contribution < -0.4 is 11.1 Å². The van der Waals surface area contributed by atoms with Gasteiger partial charge in [0, 0.05) is 19.6 Å². The molecule has 200 valence electrons. The number of rotatable bonds is 8. The number of likely N-dealkylation sites (N-methyl/N-ethyl adjacent to an activating group) is 1. The molecule has 3 heterocycles. The number of alkyl carbamates (subject to hydrolysis) is 1. The van der Waals surface area contributed by atoms with Crippen LogP contribution >= 0.6 is 0 Å². The first-order chi connectivity index (χ1) is 17.5. The van der Waals surface area contributed by atoms with E-state index in [9.17, 15) is 15.0 Å². The van der Waals surface area contributed by atoms with E-state index in [0.29, 0.717) is 30.8 Å². The molecule has 1 aliphatic rings. The van der Waals surface area contributed by atoms with Crippen LogP contribution in [0.15, 0.2) is 36.9 Å². The number of nitrogens with two attached hydrogens (primary N) is 1. The van der Waals surface area contributed by atoms with Crippen LogP contribution in [0.2, 0.25) is 0 Å². The van der Waals surface area contributed by atoms with Gasteiger partial charge in [-0.3, -0.25) is 4.57 Å². The van der Waals surface area contributed by atoms with E-state index in [1.165, 1.54) is 22.8 Å². The van der Waals surface area contributed by atoms with E-state index in [2.05, 4.69) is 41.0 Å². The van der Waals surface area contributed by atoms with Gasteiger partial charge in [-0.2, -0.15) is 0 Å². The van der Waals surface area contributed by atoms with Crippen molar-refractivity contribution in [3.63, 3.8) is 0 Å². The number of imidazole rings is 1. The highest BCUT2D eigenvalue weighted by atomic mass is 16.6. The van der Waals surface area contributed by atoms with Crippen LogP contribution in [0.4, 0.5) is 10.6 Å². The summed E-state index contributed by atoms with van der Waals surface area (Å²) in [6, 6.07) is 8.02. The van der Waals surface area contributed by atoms with E-state index >= 15 is 0 Å². The fourth-order valence-electron chi connectivity index (χ4n) is 4.21. The van der Waals surface area contributed by atoms with E-state index in [0.717, 1.165) is 5.56 Å². The predicted octanol–water partition coefficient (Wildman–Crippen LogP) is 1.18. The Labute approximate surface area is 215 Å². The lowest BCUT2D eigenvalue weighted by Gasteiger charge is -2.22. The number of nitrogen functional groups attached to an aromatic ring is 1. The molecule has 0 saturated carbocycles. The van der Waals surface area contributed by atoms with Gasteiger partial charge in [-0.15, -0.1) is 0 Å². The highest BCUT2D eigenvalue weighted by molar-refractivity contribution is 5.81. The lowest BCUT2D eigenvalue weighted by atomic mass is 9.87. The third kappa shape index (κ3) is 6.16. The molecule has 1 saturated heterocycles. The molecule has 37 heavy (non-hydrogen) atoms. The van der Waals surface area contributed by atoms with Crippen molar-refractivity contribution in [2.45, 2.75) is 57.3 Å². The molecule has 4 unspecified atom stereocenters. The van der Waals surface area contributed by atoms with E-state index in [-0.39, 0.29) is 17.8 Å². The third-order valence-electron chi connectivity index (χ3n) is 6.44. The largest absolute Gasteiger partial charge is 0.445 e. The van der Waals surface area contributed by atoms with Crippen LogP contribution in [0.1, 0.15) is 38.1 Å². The number of aromatic nitrogens is 4. The molecule has 0 spiro atoms. The number of nitrogens with one attached hydrogen (secondary N) is 1. The van der Waals surface area contributed by atoms with Crippen molar-refractivity contribution in [3.8, 4) is 0 Å². The molecule has 1 aromatic carbocycles. The summed E-state index contributed by atoms with van der Waals surface area (Å²) in [5.74, 6) is 0.220. The van der Waals surface area contributed by atoms with Crippen molar-refractivity contribution < 1.29 is 24.5 Å². The van der Waals surface area contributed by atoms with Gasteiger partial charge in [0.1, 0.15) is 36.8 Å². The van der Waals surface area contributed by atoms with Crippen molar-refractivity contribution in [3.05, 3.63) is 48.0 Å². The van der Waals surface area contributed by atoms with Crippen molar-refractivity contribution in [1.82, 2.24) is 29.7 Å². The van der Waals surface area contributed by atoms with Crippen molar-refractivity contribution in [2.24, 2.45) is 0 Å². The number of benzene rings is 1. The van der Waals surface area contributed by atoms with Gasteiger partial charge in [0.15, 0.2) is 17.7 Å². The Morgan fingerprint density at radius 3 is 2.62 bits per heavy atom. The molecule has 1 amide bonds. The molecular formula is C25H35N7O5. The van der Waals surface area contributed by atoms with E-state index in [1.54, 1.807) is 0 Å². The van der Waals surface area contributed by atoms with Gasteiger partial charge >= 0.3 is 6.09 Å². The predicted molar refractivity (Wildman–Crippen MR) is 136 cm³/mol. The molecule has 0 aliphatic carbocycles. The molecule has 2 aromatic heterocycles. The molecule has 4 atom stereocenters. The zero-order valence-electron chi connectivity index (χ0n) is 21.5. The van der Waals surface area contributed by atoms with Crippen molar-refractivity contribution in [2.75, 3.05) is 32.4 Å². The molecule has 12 heteroatoms. The molecule has 1 aliphatic heterocycles. The molecule has 4 rings (SSSR count). The maximum Gasteiger partial charge on any atom is 0.407 e. The topological polar surface area (TPSA) is 161 Å². The third-order valence-corrected chi connectivity index (χ3v) is 6.44. The van der Waals surface area contributed by atoms with Gasteiger partial charge in [0.2, 0.25) is 0 Å². The Balaban J connectivity index is 1.22. The zero-order valence-corrected chi connectivity index (χ0v) is 21.5. The number of fused-ring (bicyclic) bond motifs is 1. The van der Waals surface area contributed by atoms with Gasteiger partial charge < -0.3 is 35.6 Å². The number of nitrogens with zero attached hydrogens (tertiary/aromatic N) is 5. The number of ether oxygens (including phenoxy) is 2. The van der Waals surface area contributed by atoms with E-state index in [1.807, 2.05) is 36.2 Å². The molecule has 0 bridgehead atoms. The van der Waals surface area contributed by atoms with Gasteiger partial charge in [0.25, 0.3) is 0 Å². The van der Waals surface area contributed by atoms with Crippen LogP contribution in [0.3, 0.4) is 0 Å².